The summed E-state index contributed by atoms with van der Waals surface area (Å²) in [6.45, 7) is 0.0774. The monoisotopic (exact) mass is 226 g/mol. The standard InChI is InChI=1S/C9H14N4O3/c10-2-1-7(14)9(11,8(15)16)3-6-4-12-5-13-6/h4-5H,1-3,10-11H2,(H,12,13)(H,15,16)/t9-/m1/s1. The average Bonchev–Trinajstić information content (AvgIpc) is 2.70. The highest BCUT2D eigenvalue weighted by Crippen LogP contribution is 2.12. The molecular weight excluding hydrogens is 212 g/mol. The van der Waals surface area contributed by atoms with E-state index in [2.05, 4.69) is 9.97 Å². The van der Waals surface area contributed by atoms with Crippen molar-refractivity contribution < 1.29 is 14.7 Å². The van der Waals surface area contributed by atoms with Gasteiger partial charge in [-0.15, -0.1) is 0 Å². The molecule has 1 atom stereocenters. The van der Waals surface area contributed by atoms with Gasteiger partial charge < -0.3 is 21.6 Å². The molecule has 6 N–H and O–H groups in total. The lowest BCUT2D eigenvalue weighted by Crippen LogP contribution is -2.57. The number of aromatic amines is 1. The molecule has 0 aromatic carbocycles. The van der Waals surface area contributed by atoms with E-state index in [1.54, 1.807) is 0 Å². The second kappa shape index (κ2) is 4.86. The van der Waals surface area contributed by atoms with Crippen LogP contribution in [0, 0.1) is 0 Å². The van der Waals surface area contributed by atoms with E-state index in [4.69, 9.17) is 16.6 Å². The van der Waals surface area contributed by atoms with Crippen LogP contribution >= 0.6 is 0 Å². The number of Topliss-reactive ketones (excluding diaryl/α,β-unsaturated/α-hetero) is 1. The normalized spacial score (nSPS) is 14.4. The van der Waals surface area contributed by atoms with Crippen molar-refractivity contribution in [3.8, 4) is 0 Å². The number of H-pyrrole nitrogens is 1. The molecule has 0 fully saturated rings. The van der Waals surface area contributed by atoms with Crippen LogP contribution in [0.1, 0.15) is 12.1 Å². The Morgan fingerprint density at radius 1 is 1.56 bits per heavy atom. The largest absolute Gasteiger partial charge is 0.480 e. The third-order valence-corrected chi connectivity index (χ3v) is 2.27. The maximum Gasteiger partial charge on any atom is 0.331 e. The Bertz CT molecular complexity index is 376. The van der Waals surface area contributed by atoms with E-state index in [0.717, 1.165) is 0 Å². The zero-order chi connectivity index (χ0) is 12.2. The summed E-state index contributed by atoms with van der Waals surface area (Å²) in [5.41, 5.74) is 9.38. The fourth-order valence-corrected chi connectivity index (χ4v) is 1.33. The summed E-state index contributed by atoms with van der Waals surface area (Å²) in [7, 11) is 0. The summed E-state index contributed by atoms with van der Waals surface area (Å²) in [5, 5.41) is 9.01. The minimum Gasteiger partial charge on any atom is -0.480 e. The van der Waals surface area contributed by atoms with Crippen LogP contribution in [0.5, 0.6) is 0 Å². The SMILES string of the molecule is NCCC(=O)[C@](N)(Cc1cnc[nH]1)C(=O)O. The van der Waals surface area contributed by atoms with E-state index in [1.165, 1.54) is 12.5 Å². The van der Waals surface area contributed by atoms with Crippen LogP contribution in [0.15, 0.2) is 12.5 Å². The first-order valence-electron chi connectivity index (χ1n) is 4.73. The Labute approximate surface area is 91.8 Å². The summed E-state index contributed by atoms with van der Waals surface area (Å²) in [4.78, 5) is 29.1. The summed E-state index contributed by atoms with van der Waals surface area (Å²) in [6, 6.07) is 0. The Morgan fingerprint density at radius 2 is 2.25 bits per heavy atom. The van der Waals surface area contributed by atoms with Crippen molar-refractivity contribution in [3.63, 3.8) is 0 Å². The average molecular weight is 226 g/mol. The first kappa shape index (κ1) is 12.3. The minimum absolute atomic E-state index is 0.0586. The van der Waals surface area contributed by atoms with Gasteiger partial charge in [0.2, 0.25) is 0 Å². The lowest BCUT2D eigenvalue weighted by atomic mass is 9.88. The van der Waals surface area contributed by atoms with Crippen molar-refractivity contribution in [2.24, 2.45) is 11.5 Å². The molecule has 0 radical (unpaired) electrons. The molecule has 0 aliphatic carbocycles. The highest BCUT2D eigenvalue weighted by atomic mass is 16.4. The van der Waals surface area contributed by atoms with Gasteiger partial charge >= 0.3 is 5.97 Å². The van der Waals surface area contributed by atoms with E-state index in [-0.39, 0.29) is 19.4 Å². The van der Waals surface area contributed by atoms with Crippen molar-refractivity contribution in [1.29, 1.82) is 0 Å². The number of nitrogens with zero attached hydrogens (tertiary/aromatic N) is 1. The zero-order valence-corrected chi connectivity index (χ0v) is 8.64. The van der Waals surface area contributed by atoms with Crippen LogP contribution in [0.2, 0.25) is 0 Å². The number of aliphatic carboxylic acids is 1. The number of nitrogens with two attached hydrogens (primary N) is 2. The Kier molecular flexibility index (Phi) is 3.75. The van der Waals surface area contributed by atoms with Crippen molar-refractivity contribution in [1.82, 2.24) is 9.97 Å². The smallest absolute Gasteiger partial charge is 0.331 e. The molecule has 7 nitrogen and oxygen atoms in total. The van der Waals surface area contributed by atoms with Gasteiger partial charge in [-0.2, -0.15) is 0 Å². The van der Waals surface area contributed by atoms with Crippen LogP contribution in [-0.2, 0) is 16.0 Å². The Balaban J connectivity index is 2.88. The second-order valence-electron chi connectivity index (χ2n) is 3.49. The molecule has 1 rings (SSSR count). The lowest BCUT2D eigenvalue weighted by molar-refractivity contribution is -0.148. The molecule has 88 valence electrons. The third kappa shape index (κ3) is 2.44. The van der Waals surface area contributed by atoms with Crippen molar-refractivity contribution >= 4 is 11.8 Å². The predicted molar refractivity (Wildman–Crippen MR) is 55.5 cm³/mol. The lowest BCUT2D eigenvalue weighted by Gasteiger charge is -2.22. The molecule has 1 heterocycles. The van der Waals surface area contributed by atoms with Crippen LogP contribution < -0.4 is 11.5 Å². The summed E-state index contributed by atoms with van der Waals surface area (Å²) >= 11 is 0. The van der Waals surface area contributed by atoms with Crippen LogP contribution in [0.25, 0.3) is 0 Å². The molecule has 0 amide bonds. The highest BCUT2D eigenvalue weighted by molar-refractivity contribution is 6.07. The molecule has 0 spiro atoms. The molecule has 0 aliphatic rings. The van der Waals surface area contributed by atoms with Gasteiger partial charge in [0.15, 0.2) is 11.3 Å². The maximum atomic E-state index is 11.6. The molecule has 0 aliphatic heterocycles. The highest BCUT2D eigenvalue weighted by Gasteiger charge is 2.41. The molecule has 0 unspecified atom stereocenters. The van der Waals surface area contributed by atoms with Crippen LogP contribution in [0.4, 0.5) is 0 Å². The van der Waals surface area contributed by atoms with Gasteiger partial charge in [-0.05, 0) is 6.54 Å². The first-order valence-corrected chi connectivity index (χ1v) is 4.73. The summed E-state index contributed by atoms with van der Waals surface area (Å²) in [6.07, 6.45) is 2.64. The van der Waals surface area contributed by atoms with E-state index >= 15 is 0 Å². The van der Waals surface area contributed by atoms with Crippen molar-refractivity contribution in [2.75, 3.05) is 6.54 Å². The molecular formula is C9H14N4O3. The zero-order valence-electron chi connectivity index (χ0n) is 8.64. The first-order chi connectivity index (χ1) is 7.50. The number of carboxylic acid groups (broad SMARTS) is 1. The number of carboxylic acids is 1. The van der Waals surface area contributed by atoms with Gasteiger partial charge in [-0.25, -0.2) is 9.78 Å². The van der Waals surface area contributed by atoms with Crippen molar-refractivity contribution in [3.05, 3.63) is 18.2 Å². The molecule has 1 aromatic heterocycles. The minimum atomic E-state index is -1.94. The number of nitrogens with one attached hydrogen (secondary N) is 1. The second-order valence-corrected chi connectivity index (χ2v) is 3.49. The molecule has 16 heavy (non-hydrogen) atoms. The fourth-order valence-electron chi connectivity index (χ4n) is 1.33. The number of imidazole rings is 1. The quantitative estimate of drug-likeness (QED) is 0.443. The van der Waals surface area contributed by atoms with Gasteiger partial charge in [-0.1, -0.05) is 0 Å². The van der Waals surface area contributed by atoms with Crippen LogP contribution in [-0.4, -0.2) is 38.9 Å². The molecule has 0 bridgehead atoms. The van der Waals surface area contributed by atoms with Crippen molar-refractivity contribution in [2.45, 2.75) is 18.4 Å². The number of hydrogen-bond donors (Lipinski definition) is 4. The van der Waals surface area contributed by atoms with Gasteiger partial charge in [0.25, 0.3) is 0 Å². The molecule has 7 heteroatoms. The van der Waals surface area contributed by atoms with E-state index < -0.39 is 17.3 Å². The van der Waals surface area contributed by atoms with Crippen LogP contribution in [0.3, 0.4) is 0 Å². The number of carbonyl (C=O) groups is 2. The number of aromatic nitrogens is 2. The molecule has 0 saturated carbocycles. The number of ketones is 1. The van der Waals surface area contributed by atoms with Gasteiger partial charge in [0.1, 0.15) is 0 Å². The number of carbonyl (C=O) groups excluding carboxylic acids is 1. The maximum absolute atomic E-state index is 11.6. The Morgan fingerprint density at radius 3 is 2.69 bits per heavy atom. The fraction of sp³-hybridized carbons (Fsp3) is 0.444. The Hall–Kier alpha value is -1.73. The van der Waals surface area contributed by atoms with E-state index in [1.807, 2.05) is 0 Å². The summed E-state index contributed by atoms with van der Waals surface area (Å²) in [5.74, 6) is -1.95. The molecule has 0 saturated heterocycles. The molecule has 1 aromatic rings. The number of hydrogen-bond acceptors (Lipinski definition) is 5. The third-order valence-electron chi connectivity index (χ3n) is 2.27. The van der Waals surface area contributed by atoms with E-state index in [9.17, 15) is 9.59 Å². The van der Waals surface area contributed by atoms with Gasteiger partial charge in [0.05, 0.1) is 6.33 Å². The number of rotatable bonds is 6. The predicted octanol–water partition coefficient (Wildman–Crippen LogP) is -1.35. The van der Waals surface area contributed by atoms with E-state index in [0.29, 0.717) is 5.69 Å². The topological polar surface area (TPSA) is 135 Å². The van der Waals surface area contributed by atoms with Gasteiger partial charge in [-0.3, -0.25) is 4.79 Å². The van der Waals surface area contributed by atoms with Gasteiger partial charge in [0, 0.05) is 24.7 Å². The summed E-state index contributed by atoms with van der Waals surface area (Å²) < 4.78 is 0.